The van der Waals surface area contributed by atoms with Crippen molar-refractivity contribution >= 4 is 22.2 Å². The van der Waals surface area contributed by atoms with E-state index in [1.165, 1.54) is 11.1 Å². The predicted octanol–water partition coefficient (Wildman–Crippen LogP) is 3.70. The zero-order valence-corrected chi connectivity index (χ0v) is 12.0. The van der Waals surface area contributed by atoms with Crippen LogP contribution in [0, 0.1) is 0 Å². The van der Waals surface area contributed by atoms with Crippen molar-refractivity contribution in [2.45, 2.75) is 19.1 Å². The van der Waals surface area contributed by atoms with Gasteiger partial charge in [0.15, 0.2) is 0 Å². The van der Waals surface area contributed by atoms with Crippen LogP contribution in [0.3, 0.4) is 0 Å². The molecule has 0 bridgehead atoms. The number of nitrogens with zero attached hydrogens (tertiary/aromatic N) is 1. The summed E-state index contributed by atoms with van der Waals surface area (Å²) < 4.78 is 1.07. The van der Waals surface area contributed by atoms with Crippen LogP contribution < -0.4 is 0 Å². The highest BCUT2D eigenvalue weighted by molar-refractivity contribution is 9.10. The fourth-order valence-corrected chi connectivity index (χ4v) is 3.05. The van der Waals surface area contributed by atoms with E-state index in [2.05, 4.69) is 39.0 Å². The molecule has 0 fully saturated rings. The van der Waals surface area contributed by atoms with Crippen LogP contribution in [0.4, 0.5) is 0 Å². The van der Waals surface area contributed by atoms with Gasteiger partial charge in [-0.1, -0.05) is 52.3 Å². The molecule has 0 saturated heterocycles. The van der Waals surface area contributed by atoms with Crippen LogP contribution in [0.2, 0.25) is 0 Å². The Kier molecular flexibility index (Phi) is 3.49. The topological polar surface area (TPSA) is 20.3 Å². The quantitative estimate of drug-likeness (QED) is 0.805. The Morgan fingerprint density at radius 2 is 2.00 bits per heavy atom. The fraction of sp³-hybridized carbons (Fsp3) is 0.188. The van der Waals surface area contributed by atoms with Gasteiger partial charge in [-0.25, -0.2) is 0 Å². The third kappa shape index (κ3) is 2.48. The maximum absolute atomic E-state index is 11.4. The summed E-state index contributed by atoms with van der Waals surface area (Å²) in [5.74, 6) is 0. The molecule has 2 aromatic carbocycles. The van der Waals surface area contributed by atoms with Gasteiger partial charge in [-0.2, -0.15) is 0 Å². The van der Waals surface area contributed by atoms with Crippen molar-refractivity contribution in [2.24, 2.45) is 0 Å². The number of hydrogen-bond acceptors (Lipinski definition) is 2. The molecule has 1 atom stereocenters. The smallest absolute Gasteiger partial charge is 0.141 e. The molecule has 3 heteroatoms. The van der Waals surface area contributed by atoms with E-state index < -0.39 is 0 Å². The first-order valence-corrected chi connectivity index (χ1v) is 7.09. The summed E-state index contributed by atoms with van der Waals surface area (Å²) in [6, 6.07) is 16.3. The maximum Gasteiger partial charge on any atom is 0.141 e. The fourth-order valence-electron chi connectivity index (χ4n) is 2.65. The Morgan fingerprint density at radius 1 is 1.21 bits per heavy atom. The van der Waals surface area contributed by atoms with E-state index in [9.17, 15) is 4.79 Å². The molecule has 1 aliphatic rings. The number of benzene rings is 2. The summed E-state index contributed by atoms with van der Waals surface area (Å²) in [4.78, 5) is 13.6. The zero-order chi connectivity index (χ0) is 13.2. The zero-order valence-electron chi connectivity index (χ0n) is 10.4. The van der Waals surface area contributed by atoms with Crippen molar-refractivity contribution in [3.8, 4) is 0 Å². The van der Waals surface area contributed by atoms with Gasteiger partial charge in [0.1, 0.15) is 6.29 Å². The Hall–Kier alpha value is -1.45. The van der Waals surface area contributed by atoms with E-state index >= 15 is 0 Å². The monoisotopic (exact) mass is 315 g/mol. The van der Waals surface area contributed by atoms with Gasteiger partial charge in [0.2, 0.25) is 0 Å². The van der Waals surface area contributed by atoms with Crippen LogP contribution in [0.15, 0.2) is 53.0 Å². The van der Waals surface area contributed by atoms with Crippen molar-refractivity contribution < 1.29 is 4.79 Å². The minimum Gasteiger partial charge on any atom is -0.301 e. The summed E-state index contributed by atoms with van der Waals surface area (Å²) >= 11 is 3.49. The summed E-state index contributed by atoms with van der Waals surface area (Å²) in [5, 5.41) is 0. The Morgan fingerprint density at radius 3 is 2.74 bits per heavy atom. The van der Waals surface area contributed by atoms with E-state index in [1.807, 2.05) is 30.3 Å². The second kappa shape index (κ2) is 5.27. The van der Waals surface area contributed by atoms with Crippen LogP contribution in [0.1, 0.15) is 22.7 Å². The first-order valence-electron chi connectivity index (χ1n) is 6.29. The lowest BCUT2D eigenvalue weighted by molar-refractivity contribution is -0.112. The van der Waals surface area contributed by atoms with Crippen molar-refractivity contribution in [3.63, 3.8) is 0 Å². The third-order valence-corrected chi connectivity index (χ3v) is 4.04. The summed E-state index contributed by atoms with van der Waals surface area (Å²) in [5.41, 5.74) is 3.61. The van der Waals surface area contributed by atoms with Gasteiger partial charge < -0.3 is 4.79 Å². The first kappa shape index (κ1) is 12.6. The van der Waals surface area contributed by atoms with Crippen LogP contribution >= 0.6 is 15.9 Å². The molecule has 1 heterocycles. The van der Waals surface area contributed by atoms with Crippen molar-refractivity contribution in [2.75, 3.05) is 0 Å². The van der Waals surface area contributed by atoms with Crippen LogP contribution in [0.25, 0.3) is 0 Å². The van der Waals surface area contributed by atoms with E-state index in [-0.39, 0.29) is 6.04 Å². The van der Waals surface area contributed by atoms with Gasteiger partial charge in [0.05, 0.1) is 6.04 Å². The van der Waals surface area contributed by atoms with Gasteiger partial charge in [-0.05, 0) is 28.8 Å². The van der Waals surface area contributed by atoms with Crippen molar-refractivity contribution in [1.29, 1.82) is 0 Å². The minimum absolute atomic E-state index is 0.122. The summed E-state index contributed by atoms with van der Waals surface area (Å²) in [6.45, 7) is 1.63. The molecule has 0 radical (unpaired) electrons. The molecule has 1 aliphatic heterocycles. The number of fused-ring (bicyclic) bond motifs is 1. The van der Waals surface area contributed by atoms with Crippen molar-refractivity contribution in [1.82, 2.24) is 4.90 Å². The standard InChI is InChI=1S/C16H14BrNO/c17-14-6-7-15-13(8-14)10-18(16(15)11-19)9-12-4-2-1-3-5-12/h1-8,11,16H,9-10H2. The lowest BCUT2D eigenvalue weighted by Crippen LogP contribution is -2.22. The second-order valence-corrected chi connectivity index (χ2v) is 5.73. The van der Waals surface area contributed by atoms with E-state index in [1.54, 1.807) is 0 Å². The predicted molar refractivity (Wildman–Crippen MR) is 78.6 cm³/mol. The molecule has 2 aromatic rings. The van der Waals surface area contributed by atoms with Gasteiger partial charge in [-0.15, -0.1) is 0 Å². The average molecular weight is 316 g/mol. The molecule has 1 unspecified atom stereocenters. The molecule has 0 aromatic heterocycles. The first-order chi connectivity index (χ1) is 9.28. The number of rotatable bonds is 3. The number of carbonyl (C=O) groups excluding carboxylic acids is 1. The lowest BCUT2D eigenvalue weighted by Gasteiger charge is -2.20. The number of halogens is 1. The molecule has 0 aliphatic carbocycles. The van der Waals surface area contributed by atoms with Gasteiger partial charge in [-0.3, -0.25) is 4.90 Å². The number of hydrogen-bond donors (Lipinski definition) is 0. The molecule has 2 nitrogen and oxygen atoms in total. The van der Waals surface area contributed by atoms with Crippen LogP contribution in [-0.4, -0.2) is 11.2 Å². The maximum atomic E-state index is 11.4. The van der Waals surface area contributed by atoms with Gasteiger partial charge >= 0.3 is 0 Å². The lowest BCUT2D eigenvalue weighted by atomic mass is 10.1. The summed E-state index contributed by atoms with van der Waals surface area (Å²) in [6.07, 6.45) is 1.04. The summed E-state index contributed by atoms with van der Waals surface area (Å²) in [7, 11) is 0. The van der Waals surface area contributed by atoms with Gasteiger partial charge in [0.25, 0.3) is 0 Å². The molecule has 0 spiro atoms. The third-order valence-electron chi connectivity index (χ3n) is 3.55. The number of aldehydes is 1. The van der Waals surface area contributed by atoms with Crippen molar-refractivity contribution in [3.05, 3.63) is 69.7 Å². The van der Waals surface area contributed by atoms with E-state index in [4.69, 9.17) is 0 Å². The molecular weight excluding hydrogens is 302 g/mol. The molecule has 0 saturated carbocycles. The van der Waals surface area contributed by atoms with Crippen LogP contribution in [-0.2, 0) is 17.9 Å². The SMILES string of the molecule is O=CC1c2ccc(Br)cc2CN1Cc1ccccc1. The highest BCUT2D eigenvalue weighted by Gasteiger charge is 2.29. The minimum atomic E-state index is -0.122. The largest absolute Gasteiger partial charge is 0.301 e. The van der Waals surface area contributed by atoms with Gasteiger partial charge in [0, 0.05) is 17.6 Å². The molecule has 0 amide bonds. The van der Waals surface area contributed by atoms with Crippen LogP contribution in [0.5, 0.6) is 0 Å². The molecule has 19 heavy (non-hydrogen) atoms. The highest BCUT2D eigenvalue weighted by Crippen LogP contribution is 2.34. The second-order valence-electron chi connectivity index (χ2n) is 4.81. The molecule has 3 rings (SSSR count). The molecular formula is C16H14BrNO. The molecule has 0 N–H and O–H groups in total. The van der Waals surface area contributed by atoms with E-state index in [0.717, 1.165) is 29.4 Å². The van der Waals surface area contributed by atoms with E-state index in [0.29, 0.717) is 0 Å². The normalized spacial score (nSPS) is 18.3. The average Bonchev–Trinajstić information content (AvgIpc) is 2.76. The molecule has 96 valence electrons. The Balaban J connectivity index is 1.87. The number of carbonyl (C=O) groups is 1. The Bertz CT molecular complexity index is 597. The Labute approximate surface area is 121 Å². The highest BCUT2D eigenvalue weighted by atomic mass is 79.9.